The summed E-state index contributed by atoms with van der Waals surface area (Å²) in [6.07, 6.45) is 3.12. The van der Waals surface area contributed by atoms with Crippen molar-refractivity contribution in [1.82, 2.24) is 10.3 Å². The number of carbonyl (C=O) groups is 1. The quantitative estimate of drug-likeness (QED) is 0.547. The predicted octanol–water partition coefficient (Wildman–Crippen LogP) is 2.33. The number of nitrogens with one attached hydrogen (secondary N) is 2. The molecule has 0 saturated heterocycles. The van der Waals surface area contributed by atoms with Crippen molar-refractivity contribution in [3.8, 4) is 0 Å². The first-order valence-corrected chi connectivity index (χ1v) is 6.40. The van der Waals surface area contributed by atoms with E-state index in [4.69, 9.17) is 17.4 Å². The molecule has 1 atom stereocenters. The Kier molecular flexibility index (Phi) is 5.88. The summed E-state index contributed by atoms with van der Waals surface area (Å²) in [6, 6.07) is 3.31. The largest absolute Gasteiger partial charge is 0.348 e. The minimum Gasteiger partial charge on any atom is -0.348 e. The van der Waals surface area contributed by atoms with E-state index in [0.29, 0.717) is 10.8 Å². The van der Waals surface area contributed by atoms with Gasteiger partial charge in [0.05, 0.1) is 5.02 Å². The number of carbonyl (C=O) groups excluding carboxylic acids is 1. The molecule has 1 unspecified atom stereocenters. The number of hydrazine groups is 1. The highest BCUT2D eigenvalue weighted by Gasteiger charge is 2.15. The molecule has 1 aromatic heterocycles. The van der Waals surface area contributed by atoms with Crippen LogP contribution in [0.25, 0.3) is 0 Å². The molecule has 100 valence electrons. The Morgan fingerprint density at radius 2 is 2.28 bits per heavy atom. The number of hydrogen-bond donors (Lipinski definition) is 3. The van der Waals surface area contributed by atoms with Crippen molar-refractivity contribution in [2.75, 3.05) is 5.43 Å². The van der Waals surface area contributed by atoms with Crippen LogP contribution < -0.4 is 16.6 Å². The Balaban J connectivity index is 2.71. The van der Waals surface area contributed by atoms with Crippen LogP contribution in [0, 0.1) is 0 Å². The maximum Gasteiger partial charge on any atom is 0.271 e. The van der Waals surface area contributed by atoms with Gasteiger partial charge in [-0.1, -0.05) is 31.4 Å². The molecule has 0 spiro atoms. The second kappa shape index (κ2) is 7.18. The normalized spacial score (nSPS) is 12.0. The third kappa shape index (κ3) is 4.16. The maximum absolute atomic E-state index is 12.0. The summed E-state index contributed by atoms with van der Waals surface area (Å²) in [5.74, 6) is 5.38. The molecule has 0 fully saturated rings. The molecule has 0 aliphatic carbocycles. The zero-order chi connectivity index (χ0) is 13.5. The third-order valence-corrected chi connectivity index (χ3v) is 2.88. The van der Waals surface area contributed by atoms with E-state index in [1.807, 2.05) is 6.92 Å². The van der Waals surface area contributed by atoms with Crippen LogP contribution in [0.15, 0.2) is 12.1 Å². The lowest BCUT2D eigenvalue weighted by Crippen LogP contribution is -2.33. The molecule has 5 nitrogen and oxygen atoms in total. The van der Waals surface area contributed by atoms with E-state index in [1.54, 1.807) is 12.1 Å². The summed E-state index contributed by atoms with van der Waals surface area (Å²) >= 11 is 5.94. The Hall–Kier alpha value is -1.33. The number of nitrogen functional groups attached to an aromatic ring is 1. The Morgan fingerprint density at radius 3 is 2.89 bits per heavy atom. The third-order valence-electron chi connectivity index (χ3n) is 2.58. The number of aromatic nitrogens is 1. The maximum atomic E-state index is 12.0. The number of nitrogens with two attached hydrogens (primary N) is 1. The van der Waals surface area contributed by atoms with Gasteiger partial charge in [-0.15, -0.1) is 0 Å². The Labute approximate surface area is 112 Å². The lowest BCUT2D eigenvalue weighted by Gasteiger charge is -2.14. The van der Waals surface area contributed by atoms with Gasteiger partial charge in [0.2, 0.25) is 0 Å². The van der Waals surface area contributed by atoms with Crippen LogP contribution in [0.2, 0.25) is 5.02 Å². The monoisotopic (exact) mass is 270 g/mol. The minimum atomic E-state index is -0.277. The van der Waals surface area contributed by atoms with Crippen molar-refractivity contribution >= 4 is 23.3 Å². The molecule has 0 aliphatic heterocycles. The van der Waals surface area contributed by atoms with Gasteiger partial charge in [-0.2, -0.15) is 0 Å². The Morgan fingerprint density at radius 1 is 1.56 bits per heavy atom. The van der Waals surface area contributed by atoms with Crippen molar-refractivity contribution in [1.29, 1.82) is 0 Å². The van der Waals surface area contributed by atoms with E-state index in [0.717, 1.165) is 19.3 Å². The fourth-order valence-electron chi connectivity index (χ4n) is 1.56. The average molecular weight is 271 g/mol. The van der Waals surface area contributed by atoms with E-state index < -0.39 is 0 Å². The van der Waals surface area contributed by atoms with Crippen molar-refractivity contribution in [3.63, 3.8) is 0 Å². The molecule has 6 heteroatoms. The van der Waals surface area contributed by atoms with E-state index in [1.165, 1.54) is 0 Å². The zero-order valence-corrected chi connectivity index (χ0v) is 11.4. The van der Waals surface area contributed by atoms with Crippen molar-refractivity contribution in [3.05, 3.63) is 22.8 Å². The van der Waals surface area contributed by atoms with Gasteiger partial charge in [0, 0.05) is 6.04 Å². The van der Waals surface area contributed by atoms with Gasteiger partial charge in [-0.25, -0.2) is 10.8 Å². The molecule has 1 aromatic rings. The first-order chi connectivity index (χ1) is 8.58. The minimum absolute atomic E-state index is 0.102. The average Bonchev–Trinajstić information content (AvgIpc) is 2.36. The second-order valence-corrected chi connectivity index (χ2v) is 4.60. The molecule has 1 rings (SSSR count). The second-order valence-electron chi connectivity index (χ2n) is 4.19. The van der Waals surface area contributed by atoms with E-state index in [2.05, 4.69) is 22.7 Å². The molecule has 1 heterocycles. The summed E-state index contributed by atoms with van der Waals surface area (Å²) in [6.45, 7) is 4.08. The zero-order valence-electron chi connectivity index (χ0n) is 10.7. The van der Waals surface area contributed by atoms with Crippen molar-refractivity contribution in [2.24, 2.45) is 5.84 Å². The summed E-state index contributed by atoms with van der Waals surface area (Å²) in [4.78, 5) is 16.0. The van der Waals surface area contributed by atoms with E-state index in [9.17, 15) is 4.79 Å². The topological polar surface area (TPSA) is 80.0 Å². The number of unbranched alkanes of at least 4 members (excludes halogenated alkanes) is 1. The Bertz CT molecular complexity index is 411. The smallest absolute Gasteiger partial charge is 0.271 e. The number of amides is 1. The van der Waals surface area contributed by atoms with Gasteiger partial charge in [-0.3, -0.25) is 4.79 Å². The highest BCUT2D eigenvalue weighted by Crippen LogP contribution is 2.16. The van der Waals surface area contributed by atoms with Crippen LogP contribution in [0.3, 0.4) is 0 Å². The lowest BCUT2D eigenvalue weighted by molar-refractivity contribution is 0.0933. The number of nitrogens with zero attached hydrogens (tertiary/aromatic N) is 1. The van der Waals surface area contributed by atoms with Crippen LogP contribution >= 0.6 is 11.6 Å². The number of pyridine rings is 1. The van der Waals surface area contributed by atoms with E-state index in [-0.39, 0.29) is 17.6 Å². The fourth-order valence-corrected chi connectivity index (χ4v) is 1.75. The summed E-state index contributed by atoms with van der Waals surface area (Å²) in [7, 11) is 0. The molecule has 0 saturated carbocycles. The number of hydrogen-bond acceptors (Lipinski definition) is 4. The van der Waals surface area contributed by atoms with Crippen LogP contribution in [0.1, 0.15) is 43.6 Å². The molecule has 0 aliphatic rings. The molecule has 18 heavy (non-hydrogen) atoms. The van der Waals surface area contributed by atoms with E-state index >= 15 is 0 Å². The molecule has 1 amide bonds. The van der Waals surface area contributed by atoms with Gasteiger partial charge >= 0.3 is 0 Å². The van der Waals surface area contributed by atoms with Gasteiger partial charge in [0.25, 0.3) is 5.91 Å². The number of rotatable bonds is 6. The predicted molar refractivity (Wildman–Crippen MR) is 73.5 cm³/mol. The molecule has 0 aromatic carbocycles. The first kappa shape index (κ1) is 14.7. The molecule has 4 N–H and O–H groups in total. The number of anilines is 1. The highest BCUT2D eigenvalue weighted by molar-refractivity contribution is 6.33. The van der Waals surface area contributed by atoms with Crippen molar-refractivity contribution < 1.29 is 4.79 Å². The van der Waals surface area contributed by atoms with Gasteiger partial charge < -0.3 is 10.7 Å². The van der Waals surface area contributed by atoms with Crippen LogP contribution in [-0.4, -0.2) is 16.9 Å². The lowest BCUT2D eigenvalue weighted by atomic mass is 10.1. The number of halogens is 1. The molecular formula is C12H19ClN4O. The van der Waals surface area contributed by atoms with Crippen LogP contribution in [-0.2, 0) is 0 Å². The summed E-state index contributed by atoms with van der Waals surface area (Å²) in [5, 5.41) is 3.18. The first-order valence-electron chi connectivity index (χ1n) is 6.02. The van der Waals surface area contributed by atoms with Crippen molar-refractivity contribution in [2.45, 2.75) is 39.2 Å². The molecular weight excluding hydrogens is 252 g/mol. The highest BCUT2D eigenvalue weighted by atomic mass is 35.5. The standard InChI is InChI=1S/C12H19ClN4O/c1-3-4-5-8(2)15-12(18)11-9(13)6-7-10(16-11)17-14/h6-8H,3-5,14H2,1-2H3,(H,15,18)(H,16,17). The summed E-state index contributed by atoms with van der Waals surface area (Å²) < 4.78 is 0. The summed E-state index contributed by atoms with van der Waals surface area (Å²) in [5.41, 5.74) is 2.58. The van der Waals surface area contributed by atoms with Gasteiger partial charge in [0.15, 0.2) is 0 Å². The molecule has 0 bridgehead atoms. The fraction of sp³-hybridized carbons (Fsp3) is 0.500. The molecule has 0 radical (unpaired) electrons. The van der Waals surface area contributed by atoms with Gasteiger partial charge in [-0.05, 0) is 25.5 Å². The van der Waals surface area contributed by atoms with Crippen LogP contribution in [0.4, 0.5) is 5.82 Å². The SMILES string of the molecule is CCCCC(C)NC(=O)c1nc(NN)ccc1Cl. The van der Waals surface area contributed by atoms with Gasteiger partial charge in [0.1, 0.15) is 11.5 Å². The van der Waals surface area contributed by atoms with Crippen LogP contribution in [0.5, 0.6) is 0 Å².